The highest BCUT2D eigenvalue weighted by molar-refractivity contribution is 7.99. The Bertz CT molecular complexity index is 471. The number of aromatic nitrogens is 2. The smallest absolute Gasteiger partial charge is 0.0642 e. The Morgan fingerprint density at radius 1 is 1.27 bits per heavy atom. The summed E-state index contributed by atoms with van der Waals surface area (Å²) in [6, 6.07) is 5.91. The fourth-order valence-corrected chi connectivity index (χ4v) is 2.11. The SMILES string of the molecule is Cc1cc(Sc2ccncc2N)ccn1. The number of hydrogen-bond acceptors (Lipinski definition) is 4. The van der Waals surface area contributed by atoms with Gasteiger partial charge in [0.15, 0.2) is 0 Å². The van der Waals surface area contributed by atoms with E-state index in [1.165, 1.54) is 0 Å². The molecule has 2 N–H and O–H groups in total. The first-order valence-electron chi connectivity index (χ1n) is 4.56. The first kappa shape index (κ1) is 9.98. The van der Waals surface area contributed by atoms with Gasteiger partial charge >= 0.3 is 0 Å². The van der Waals surface area contributed by atoms with Crippen LogP contribution in [0.3, 0.4) is 0 Å². The van der Waals surface area contributed by atoms with E-state index in [2.05, 4.69) is 9.97 Å². The Hall–Kier alpha value is -1.55. The summed E-state index contributed by atoms with van der Waals surface area (Å²) in [5.41, 5.74) is 7.52. The average Bonchev–Trinajstić information content (AvgIpc) is 2.22. The van der Waals surface area contributed by atoms with Gasteiger partial charge < -0.3 is 5.73 Å². The van der Waals surface area contributed by atoms with Gasteiger partial charge in [-0.1, -0.05) is 11.8 Å². The van der Waals surface area contributed by atoms with E-state index in [9.17, 15) is 0 Å². The van der Waals surface area contributed by atoms with Crippen molar-refractivity contribution in [1.29, 1.82) is 0 Å². The largest absolute Gasteiger partial charge is 0.397 e. The van der Waals surface area contributed by atoms with Crippen molar-refractivity contribution in [2.24, 2.45) is 0 Å². The van der Waals surface area contributed by atoms with Crippen LogP contribution in [0.1, 0.15) is 5.69 Å². The predicted octanol–water partition coefficient (Wildman–Crippen LogP) is 2.52. The standard InChI is InChI=1S/C11H11N3S/c1-8-6-9(2-5-14-8)15-11-3-4-13-7-10(11)12/h2-7H,12H2,1H3. The van der Waals surface area contributed by atoms with Crippen LogP contribution in [0, 0.1) is 6.92 Å². The molecule has 2 rings (SSSR count). The molecule has 4 heteroatoms. The molecule has 0 atom stereocenters. The molecule has 0 saturated carbocycles. The molecule has 0 unspecified atom stereocenters. The minimum atomic E-state index is 0.706. The summed E-state index contributed by atoms with van der Waals surface area (Å²) < 4.78 is 0. The molecule has 0 bridgehead atoms. The van der Waals surface area contributed by atoms with Gasteiger partial charge in [-0.3, -0.25) is 9.97 Å². The van der Waals surface area contributed by atoms with Gasteiger partial charge in [0.1, 0.15) is 0 Å². The third kappa shape index (κ3) is 2.47. The second kappa shape index (κ2) is 4.31. The molecule has 0 amide bonds. The fourth-order valence-electron chi connectivity index (χ4n) is 1.20. The molecular weight excluding hydrogens is 206 g/mol. The highest BCUT2D eigenvalue weighted by Gasteiger charge is 2.01. The summed E-state index contributed by atoms with van der Waals surface area (Å²) in [5.74, 6) is 0. The van der Waals surface area contributed by atoms with Gasteiger partial charge in [0.25, 0.3) is 0 Å². The molecule has 3 nitrogen and oxygen atoms in total. The molecule has 2 aromatic rings. The molecular formula is C11H11N3S. The molecule has 0 aliphatic rings. The number of rotatable bonds is 2. The lowest BCUT2D eigenvalue weighted by Gasteiger charge is -2.04. The van der Waals surface area contributed by atoms with Gasteiger partial charge in [-0.15, -0.1) is 0 Å². The van der Waals surface area contributed by atoms with Crippen molar-refractivity contribution >= 4 is 17.4 Å². The summed E-state index contributed by atoms with van der Waals surface area (Å²) >= 11 is 1.62. The first-order chi connectivity index (χ1) is 7.25. The number of aryl methyl sites for hydroxylation is 1. The normalized spacial score (nSPS) is 10.2. The fraction of sp³-hybridized carbons (Fsp3) is 0.0909. The van der Waals surface area contributed by atoms with Crippen LogP contribution in [-0.4, -0.2) is 9.97 Å². The molecule has 15 heavy (non-hydrogen) atoms. The highest BCUT2D eigenvalue weighted by atomic mass is 32.2. The quantitative estimate of drug-likeness (QED) is 0.839. The molecule has 0 spiro atoms. The maximum atomic E-state index is 5.81. The number of hydrogen-bond donors (Lipinski definition) is 1. The van der Waals surface area contributed by atoms with Crippen molar-refractivity contribution in [3.05, 3.63) is 42.5 Å². The predicted molar refractivity (Wildman–Crippen MR) is 61.7 cm³/mol. The Labute approximate surface area is 92.8 Å². The van der Waals surface area contributed by atoms with Crippen molar-refractivity contribution in [1.82, 2.24) is 9.97 Å². The van der Waals surface area contributed by atoms with E-state index in [4.69, 9.17) is 5.73 Å². The van der Waals surface area contributed by atoms with Gasteiger partial charge in [0.2, 0.25) is 0 Å². The topological polar surface area (TPSA) is 51.8 Å². The number of anilines is 1. The second-order valence-electron chi connectivity index (χ2n) is 3.15. The van der Waals surface area contributed by atoms with Crippen molar-refractivity contribution in [3.8, 4) is 0 Å². The second-order valence-corrected chi connectivity index (χ2v) is 4.26. The van der Waals surface area contributed by atoms with Crippen LogP contribution < -0.4 is 5.73 Å². The van der Waals surface area contributed by atoms with E-state index in [1.54, 1.807) is 30.4 Å². The molecule has 0 aromatic carbocycles. The van der Waals surface area contributed by atoms with Gasteiger partial charge in [0.05, 0.1) is 11.9 Å². The highest BCUT2D eigenvalue weighted by Crippen LogP contribution is 2.30. The molecule has 2 heterocycles. The van der Waals surface area contributed by atoms with Crippen molar-refractivity contribution in [3.63, 3.8) is 0 Å². The van der Waals surface area contributed by atoms with Crippen LogP contribution in [0.2, 0.25) is 0 Å². The van der Waals surface area contributed by atoms with Gasteiger partial charge in [-0.25, -0.2) is 0 Å². The Morgan fingerprint density at radius 3 is 2.87 bits per heavy atom. The van der Waals surface area contributed by atoms with Crippen LogP contribution in [0.4, 0.5) is 5.69 Å². The minimum absolute atomic E-state index is 0.706. The summed E-state index contributed by atoms with van der Waals surface area (Å²) in [4.78, 5) is 10.3. The van der Waals surface area contributed by atoms with E-state index in [0.29, 0.717) is 5.69 Å². The van der Waals surface area contributed by atoms with Gasteiger partial charge in [0, 0.05) is 27.9 Å². The van der Waals surface area contributed by atoms with E-state index >= 15 is 0 Å². The third-order valence-electron chi connectivity index (χ3n) is 1.91. The maximum absolute atomic E-state index is 5.81. The lowest BCUT2D eigenvalue weighted by molar-refractivity contribution is 1.16. The zero-order valence-corrected chi connectivity index (χ0v) is 9.16. The maximum Gasteiger partial charge on any atom is 0.0642 e. The molecule has 0 fully saturated rings. The monoisotopic (exact) mass is 217 g/mol. The summed E-state index contributed by atoms with van der Waals surface area (Å²) in [6.07, 6.45) is 5.21. The molecule has 76 valence electrons. The van der Waals surface area contributed by atoms with E-state index < -0.39 is 0 Å². The lowest BCUT2D eigenvalue weighted by Crippen LogP contribution is -1.89. The first-order valence-corrected chi connectivity index (χ1v) is 5.37. The van der Waals surface area contributed by atoms with Crippen LogP contribution >= 0.6 is 11.8 Å². The third-order valence-corrected chi connectivity index (χ3v) is 2.99. The van der Waals surface area contributed by atoms with E-state index in [1.807, 2.05) is 25.1 Å². The summed E-state index contributed by atoms with van der Waals surface area (Å²) in [6.45, 7) is 1.97. The molecule has 2 aromatic heterocycles. The van der Waals surface area contributed by atoms with Crippen LogP contribution in [0.15, 0.2) is 46.6 Å². The number of nitrogens with two attached hydrogens (primary N) is 1. The Kier molecular flexibility index (Phi) is 2.87. The zero-order valence-electron chi connectivity index (χ0n) is 8.34. The number of nitrogens with zero attached hydrogens (tertiary/aromatic N) is 2. The average molecular weight is 217 g/mol. The van der Waals surface area contributed by atoms with Crippen molar-refractivity contribution in [2.45, 2.75) is 16.7 Å². The molecule has 0 radical (unpaired) electrons. The van der Waals surface area contributed by atoms with E-state index in [-0.39, 0.29) is 0 Å². The molecule has 0 saturated heterocycles. The zero-order chi connectivity index (χ0) is 10.7. The molecule has 0 aliphatic heterocycles. The van der Waals surface area contributed by atoms with Crippen molar-refractivity contribution < 1.29 is 0 Å². The van der Waals surface area contributed by atoms with Crippen LogP contribution in [0.25, 0.3) is 0 Å². The van der Waals surface area contributed by atoms with Crippen LogP contribution in [0.5, 0.6) is 0 Å². The number of pyridine rings is 2. The van der Waals surface area contributed by atoms with Gasteiger partial charge in [-0.05, 0) is 25.1 Å². The van der Waals surface area contributed by atoms with Crippen molar-refractivity contribution in [2.75, 3.05) is 5.73 Å². The minimum Gasteiger partial charge on any atom is -0.397 e. The van der Waals surface area contributed by atoms with Crippen LogP contribution in [-0.2, 0) is 0 Å². The summed E-state index contributed by atoms with van der Waals surface area (Å²) in [5, 5.41) is 0. The Balaban J connectivity index is 2.26. The lowest BCUT2D eigenvalue weighted by atomic mass is 10.4. The van der Waals surface area contributed by atoms with Gasteiger partial charge in [-0.2, -0.15) is 0 Å². The molecule has 0 aliphatic carbocycles. The summed E-state index contributed by atoms with van der Waals surface area (Å²) in [7, 11) is 0. The number of nitrogen functional groups attached to an aromatic ring is 1. The van der Waals surface area contributed by atoms with E-state index in [0.717, 1.165) is 15.5 Å². The Morgan fingerprint density at radius 2 is 2.13 bits per heavy atom.